The highest BCUT2D eigenvalue weighted by Crippen LogP contribution is 2.27. The van der Waals surface area contributed by atoms with Gasteiger partial charge in [0.1, 0.15) is 0 Å². The van der Waals surface area contributed by atoms with E-state index in [2.05, 4.69) is 27.6 Å². The molecule has 1 aromatic rings. The molecule has 1 amide bonds. The summed E-state index contributed by atoms with van der Waals surface area (Å²) in [7, 11) is 1.59. The van der Waals surface area contributed by atoms with E-state index >= 15 is 0 Å². The molecule has 1 atom stereocenters. The Bertz CT molecular complexity index is 398. The first-order valence-corrected chi connectivity index (χ1v) is 5.47. The fourth-order valence-electron chi connectivity index (χ4n) is 1.75. The van der Waals surface area contributed by atoms with Crippen LogP contribution in [0, 0.1) is 0 Å². The van der Waals surface area contributed by atoms with Crippen LogP contribution in [0.1, 0.15) is 36.9 Å². The van der Waals surface area contributed by atoms with Crippen molar-refractivity contribution < 1.29 is 9.32 Å². The number of carbonyl (C=O) groups is 1. The van der Waals surface area contributed by atoms with Gasteiger partial charge in [0.2, 0.25) is 11.8 Å². The van der Waals surface area contributed by atoms with Crippen molar-refractivity contribution in [2.45, 2.75) is 31.6 Å². The minimum atomic E-state index is -0.101. The Balaban J connectivity index is 2.01. The maximum atomic E-state index is 11.1. The van der Waals surface area contributed by atoms with Gasteiger partial charge >= 0.3 is 0 Å². The zero-order valence-electron chi connectivity index (χ0n) is 9.27. The van der Waals surface area contributed by atoms with Gasteiger partial charge in [-0.2, -0.15) is 4.98 Å². The third kappa shape index (κ3) is 2.48. The summed E-state index contributed by atoms with van der Waals surface area (Å²) in [5.74, 6) is 1.33. The molecule has 0 unspecified atom stereocenters. The number of amides is 1. The number of aromatic nitrogens is 2. The Labute approximate surface area is 93.9 Å². The Morgan fingerprint density at radius 2 is 2.50 bits per heavy atom. The number of nitrogens with zero attached hydrogens (tertiary/aromatic N) is 2. The Morgan fingerprint density at radius 1 is 1.62 bits per heavy atom. The third-order valence-corrected chi connectivity index (χ3v) is 2.70. The van der Waals surface area contributed by atoms with Gasteiger partial charge in [-0.15, -0.1) is 0 Å². The second-order valence-corrected chi connectivity index (χ2v) is 3.88. The van der Waals surface area contributed by atoms with Gasteiger partial charge in [0.25, 0.3) is 0 Å². The summed E-state index contributed by atoms with van der Waals surface area (Å²) in [5, 5.41) is 6.34. The largest absolute Gasteiger partial charge is 0.359 e. The predicted molar refractivity (Wildman–Crippen MR) is 57.8 cm³/mol. The zero-order valence-corrected chi connectivity index (χ0v) is 9.27. The number of nitrogens with one attached hydrogen (secondary N) is 1. The van der Waals surface area contributed by atoms with Crippen molar-refractivity contribution in [3.8, 4) is 0 Å². The Kier molecular flexibility index (Phi) is 3.34. The summed E-state index contributed by atoms with van der Waals surface area (Å²) in [4.78, 5) is 15.4. The number of hydrogen-bond donors (Lipinski definition) is 1. The Hall–Kier alpha value is -1.65. The fourth-order valence-corrected chi connectivity index (χ4v) is 1.75. The molecule has 5 heteroatoms. The van der Waals surface area contributed by atoms with Gasteiger partial charge in [-0.25, -0.2) is 0 Å². The van der Waals surface area contributed by atoms with Crippen molar-refractivity contribution >= 4 is 5.91 Å². The van der Waals surface area contributed by atoms with Crippen LogP contribution < -0.4 is 5.32 Å². The predicted octanol–water partition coefficient (Wildman–Crippen LogP) is 1.18. The molecule has 16 heavy (non-hydrogen) atoms. The second-order valence-electron chi connectivity index (χ2n) is 3.88. The third-order valence-electron chi connectivity index (χ3n) is 2.70. The normalized spacial score (nSPS) is 19.7. The minimum Gasteiger partial charge on any atom is -0.359 e. The summed E-state index contributed by atoms with van der Waals surface area (Å²) in [6, 6.07) is 0. The highest BCUT2D eigenvalue weighted by molar-refractivity contribution is 5.77. The molecule has 1 aliphatic carbocycles. The van der Waals surface area contributed by atoms with Crippen LogP contribution in [0.4, 0.5) is 0 Å². The van der Waals surface area contributed by atoms with E-state index in [0.29, 0.717) is 17.6 Å². The topological polar surface area (TPSA) is 68.0 Å². The number of rotatable bonds is 3. The van der Waals surface area contributed by atoms with E-state index in [4.69, 9.17) is 4.52 Å². The van der Waals surface area contributed by atoms with E-state index in [1.807, 2.05) is 0 Å². The molecule has 0 saturated heterocycles. The monoisotopic (exact) mass is 221 g/mol. The lowest BCUT2D eigenvalue weighted by atomic mass is 9.94. The molecule has 1 heterocycles. The fraction of sp³-hybridized carbons (Fsp3) is 0.545. The molecule has 86 valence electrons. The van der Waals surface area contributed by atoms with E-state index in [1.165, 1.54) is 0 Å². The molecular formula is C11H15N3O2. The molecule has 2 rings (SSSR count). The molecule has 0 bridgehead atoms. The first-order valence-electron chi connectivity index (χ1n) is 5.47. The van der Waals surface area contributed by atoms with Gasteiger partial charge in [-0.3, -0.25) is 4.79 Å². The lowest BCUT2D eigenvalue weighted by molar-refractivity contribution is -0.120. The van der Waals surface area contributed by atoms with Crippen molar-refractivity contribution in [2.24, 2.45) is 0 Å². The maximum absolute atomic E-state index is 11.1. The number of likely N-dealkylation sites (N-methyl/N-ethyl adjacent to an activating group) is 1. The second kappa shape index (κ2) is 4.92. The van der Waals surface area contributed by atoms with E-state index < -0.39 is 0 Å². The lowest BCUT2D eigenvalue weighted by Crippen LogP contribution is -2.20. The first kappa shape index (κ1) is 10.9. The SMILES string of the molecule is CNC(=O)Cc1noc([C@@H]2CC=CCC2)n1. The van der Waals surface area contributed by atoms with Crippen molar-refractivity contribution in [2.75, 3.05) is 7.05 Å². The van der Waals surface area contributed by atoms with Crippen LogP contribution in [0.25, 0.3) is 0 Å². The lowest BCUT2D eigenvalue weighted by Gasteiger charge is -2.12. The molecular weight excluding hydrogens is 206 g/mol. The molecule has 0 aliphatic heterocycles. The highest BCUT2D eigenvalue weighted by Gasteiger charge is 2.19. The molecule has 1 aliphatic rings. The van der Waals surface area contributed by atoms with E-state index in [0.717, 1.165) is 19.3 Å². The average Bonchev–Trinajstić information content (AvgIpc) is 2.78. The van der Waals surface area contributed by atoms with Crippen molar-refractivity contribution in [3.05, 3.63) is 23.9 Å². The van der Waals surface area contributed by atoms with Crippen molar-refractivity contribution in [3.63, 3.8) is 0 Å². The number of hydrogen-bond acceptors (Lipinski definition) is 4. The standard InChI is InChI=1S/C11H15N3O2/c1-12-10(15)7-9-13-11(16-14-9)8-5-3-2-4-6-8/h2-3,8H,4-7H2,1H3,(H,12,15)/t8-/m1/s1. The van der Waals surface area contributed by atoms with Crippen LogP contribution in [0.3, 0.4) is 0 Å². The van der Waals surface area contributed by atoms with Gasteiger partial charge in [0.15, 0.2) is 5.82 Å². The van der Waals surface area contributed by atoms with Gasteiger partial charge in [-0.1, -0.05) is 17.3 Å². The maximum Gasteiger partial charge on any atom is 0.230 e. The van der Waals surface area contributed by atoms with Crippen LogP contribution in [-0.4, -0.2) is 23.1 Å². The van der Waals surface area contributed by atoms with E-state index in [1.54, 1.807) is 7.05 Å². The van der Waals surface area contributed by atoms with E-state index in [9.17, 15) is 4.79 Å². The molecule has 1 aromatic heterocycles. The summed E-state index contributed by atoms with van der Waals surface area (Å²) in [6.45, 7) is 0. The summed E-state index contributed by atoms with van der Waals surface area (Å²) >= 11 is 0. The first-order chi connectivity index (χ1) is 7.79. The average molecular weight is 221 g/mol. The van der Waals surface area contributed by atoms with Crippen LogP contribution in [0.15, 0.2) is 16.7 Å². The summed E-state index contributed by atoms with van der Waals surface area (Å²) < 4.78 is 5.17. The van der Waals surface area contributed by atoms with Gasteiger partial charge in [0, 0.05) is 13.0 Å². The van der Waals surface area contributed by atoms with Crippen molar-refractivity contribution in [1.82, 2.24) is 15.5 Å². The van der Waals surface area contributed by atoms with Crippen LogP contribution in [0.2, 0.25) is 0 Å². The van der Waals surface area contributed by atoms with E-state index in [-0.39, 0.29) is 12.3 Å². The Morgan fingerprint density at radius 3 is 3.19 bits per heavy atom. The summed E-state index contributed by atoms with van der Waals surface area (Å²) in [6.07, 6.45) is 7.52. The van der Waals surface area contributed by atoms with Gasteiger partial charge < -0.3 is 9.84 Å². The summed E-state index contributed by atoms with van der Waals surface area (Å²) in [5.41, 5.74) is 0. The molecule has 5 nitrogen and oxygen atoms in total. The molecule has 0 spiro atoms. The smallest absolute Gasteiger partial charge is 0.230 e. The van der Waals surface area contributed by atoms with Crippen molar-refractivity contribution in [1.29, 1.82) is 0 Å². The number of allylic oxidation sites excluding steroid dienone is 2. The molecule has 1 N–H and O–H groups in total. The van der Waals surface area contributed by atoms with Crippen LogP contribution in [0.5, 0.6) is 0 Å². The van der Waals surface area contributed by atoms with Crippen LogP contribution in [-0.2, 0) is 11.2 Å². The molecule has 0 fully saturated rings. The molecule has 0 aromatic carbocycles. The van der Waals surface area contributed by atoms with Gasteiger partial charge in [0.05, 0.1) is 6.42 Å². The molecule has 0 saturated carbocycles. The minimum absolute atomic E-state index is 0.101. The van der Waals surface area contributed by atoms with Gasteiger partial charge in [-0.05, 0) is 19.3 Å². The quantitative estimate of drug-likeness (QED) is 0.778. The zero-order chi connectivity index (χ0) is 11.4. The van der Waals surface area contributed by atoms with Crippen LogP contribution >= 0.6 is 0 Å². The highest BCUT2D eigenvalue weighted by atomic mass is 16.5. The molecule has 0 radical (unpaired) electrons. The number of carbonyl (C=O) groups excluding carboxylic acids is 1.